The highest BCUT2D eigenvalue weighted by Gasteiger charge is 2.71. The number of nitrogens with one attached hydrogen (secondary N) is 2. The first-order valence-corrected chi connectivity index (χ1v) is 14.5. The Morgan fingerprint density at radius 2 is 2.10 bits per heavy atom. The van der Waals surface area contributed by atoms with Crippen LogP contribution in [-0.4, -0.2) is 92.4 Å². The molecule has 3 N–H and O–H groups in total. The molecule has 1 aromatic carbocycles. The molecule has 3 saturated heterocycles. The molecular weight excluding hydrogens is 510 g/mol. The fraction of sp³-hybridized carbons (Fsp3) is 0.567. The van der Waals surface area contributed by atoms with Crippen molar-refractivity contribution in [2.45, 2.75) is 76.2 Å². The second kappa shape index (κ2) is 8.64. The lowest BCUT2D eigenvalue weighted by Crippen LogP contribution is -2.72. The molecule has 0 saturated carbocycles. The molecule has 0 spiro atoms. The number of hydrogen-bond acceptors (Lipinski definition) is 6. The molecule has 40 heavy (non-hydrogen) atoms. The zero-order chi connectivity index (χ0) is 28.1. The lowest BCUT2D eigenvalue weighted by molar-refractivity contribution is -0.319. The van der Waals surface area contributed by atoms with E-state index in [0.29, 0.717) is 19.5 Å². The maximum atomic E-state index is 14.1. The lowest BCUT2D eigenvalue weighted by Gasteiger charge is -2.49. The highest BCUT2D eigenvalue weighted by Crippen LogP contribution is 2.48. The van der Waals surface area contributed by atoms with E-state index in [2.05, 4.69) is 33.5 Å². The molecule has 3 fully saturated rings. The monoisotopic (exact) mass is 547 g/mol. The number of hydrogen-bond donors (Lipinski definition) is 3. The summed E-state index contributed by atoms with van der Waals surface area (Å²) in [7, 11) is 2.03. The number of amides is 3. The fourth-order valence-electron chi connectivity index (χ4n) is 7.83. The van der Waals surface area contributed by atoms with Gasteiger partial charge in [-0.2, -0.15) is 0 Å². The van der Waals surface area contributed by atoms with E-state index in [-0.39, 0.29) is 30.2 Å². The number of aromatic amines is 1. The number of nitrogens with zero attached hydrogens (tertiary/aromatic N) is 3. The summed E-state index contributed by atoms with van der Waals surface area (Å²) in [6.45, 7) is 6.48. The number of benzene rings is 1. The van der Waals surface area contributed by atoms with Crippen LogP contribution in [0.3, 0.4) is 0 Å². The zero-order valence-electron chi connectivity index (χ0n) is 23.4. The van der Waals surface area contributed by atoms with E-state index in [1.165, 1.54) is 15.8 Å². The van der Waals surface area contributed by atoms with Gasteiger partial charge in [0.15, 0.2) is 0 Å². The molecule has 7 rings (SSSR count). The van der Waals surface area contributed by atoms with Crippen molar-refractivity contribution in [3.05, 3.63) is 41.6 Å². The number of ether oxygens (including phenoxy) is 1. The van der Waals surface area contributed by atoms with Crippen LogP contribution in [0.2, 0.25) is 0 Å². The number of piperazine rings is 1. The summed E-state index contributed by atoms with van der Waals surface area (Å²) in [5.74, 6) is -3.81. The van der Waals surface area contributed by atoms with Crippen molar-refractivity contribution in [2.75, 3.05) is 20.1 Å². The zero-order valence-corrected chi connectivity index (χ0v) is 23.4. The molecular formula is C30H37N5O5. The van der Waals surface area contributed by atoms with Crippen LogP contribution in [0.25, 0.3) is 16.5 Å². The van der Waals surface area contributed by atoms with E-state index in [1.54, 1.807) is 11.8 Å². The number of fused-ring (bicyclic) bond motifs is 5. The van der Waals surface area contributed by atoms with Crippen LogP contribution in [0.1, 0.15) is 51.2 Å². The first-order valence-electron chi connectivity index (χ1n) is 14.5. The molecule has 1 aromatic heterocycles. The van der Waals surface area contributed by atoms with Crippen molar-refractivity contribution < 1.29 is 24.2 Å². The predicted octanol–water partition coefficient (Wildman–Crippen LogP) is 1.79. The Morgan fingerprint density at radius 3 is 2.85 bits per heavy atom. The quantitative estimate of drug-likeness (QED) is 0.537. The van der Waals surface area contributed by atoms with Crippen molar-refractivity contribution >= 4 is 34.2 Å². The van der Waals surface area contributed by atoms with E-state index >= 15 is 0 Å². The van der Waals surface area contributed by atoms with Gasteiger partial charge in [-0.05, 0) is 55.0 Å². The molecule has 0 radical (unpaired) electrons. The minimum Gasteiger partial charge on any atom is -0.361 e. The molecule has 212 valence electrons. The molecule has 5 heterocycles. The molecule has 1 aliphatic carbocycles. The molecule has 10 heteroatoms. The Kier molecular flexibility index (Phi) is 5.56. The molecule has 6 atom stereocenters. The van der Waals surface area contributed by atoms with Gasteiger partial charge in [-0.15, -0.1) is 0 Å². The van der Waals surface area contributed by atoms with Gasteiger partial charge in [0.25, 0.3) is 11.8 Å². The van der Waals surface area contributed by atoms with Gasteiger partial charge in [0, 0.05) is 42.7 Å². The first kappa shape index (κ1) is 25.7. The summed E-state index contributed by atoms with van der Waals surface area (Å²) < 4.78 is 6.29. The van der Waals surface area contributed by atoms with Crippen LogP contribution >= 0.6 is 0 Å². The topological polar surface area (TPSA) is 118 Å². The molecule has 0 unspecified atom stereocenters. The SMILES string of the molecule is CC[C@@]1(NC(=O)[C@@H]2C=C3c4cccc5[nH]cc(c45)C[C@H]3N(C)C2)O[C@@]2(O)[C@@H]3CCCN3C(=O)[C@H](C(C)C)N2C1=O. The summed E-state index contributed by atoms with van der Waals surface area (Å²) >= 11 is 0. The van der Waals surface area contributed by atoms with Gasteiger partial charge >= 0.3 is 0 Å². The van der Waals surface area contributed by atoms with E-state index in [0.717, 1.165) is 29.5 Å². The molecule has 0 bridgehead atoms. The number of carbonyl (C=O) groups excluding carboxylic acids is 3. The summed E-state index contributed by atoms with van der Waals surface area (Å²) in [4.78, 5) is 49.9. The van der Waals surface area contributed by atoms with Gasteiger partial charge in [0.2, 0.25) is 17.5 Å². The third kappa shape index (κ3) is 3.30. The Balaban J connectivity index is 1.23. The van der Waals surface area contributed by atoms with E-state index < -0.39 is 35.5 Å². The van der Waals surface area contributed by atoms with Crippen LogP contribution in [0, 0.1) is 11.8 Å². The van der Waals surface area contributed by atoms with E-state index in [9.17, 15) is 19.5 Å². The average molecular weight is 548 g/mol. The largest absolute Gasteiger partial charge is 0.361 e. The van der Waals surface area contributed by atoms with Gasteiger partial charge in [-0.1, -0.05) is 39.0 Å². The van der Waals surface area contributed by atoms with E-state index in [1.807, 2.05) is 33.0 Å². The van der Waals surface area contributed by atoms with Crippen LogP contribution in [0.4, 0.5) is 0 Å². The van der Waals surface area contributed by atoms with Gasteiger partial charge in [0.1, 0.15) is 12.1 Å². The Bertz CT molecular complexity index is 1470. The predicted molar refractivity (Wildman–Crippen MR) is 147 cm³/mol. The highest BCUT2D eigenvalue weighted by atomic mass is 16.7. The maximum absolute atomic E-state index is 14.1. The smallest absolute Gasteiger partial charge is 0.281 e. The van der Waals surface area contributed by atoms with Crippen molar-refractivity contribution in [3.63, 3.8) is 0 Å². The van der Waals surface area contributed by atoms with Gasteiger partial charge < -0.3 is 20.3 Å². The lowest BCUT2D eigenvalue weighted by atomic mass is 9.79. The number of likely N-dealkylation sites (N-methyl/N-ethyl adjacent to an activating group) is 1. The van der Waals surface area contributed by atoms with Gasteiger partial charge in [-0.3, -0.25) is 28.9 Å². The van der Waals surface area contributed by atoms with Crippen molar-refractivity contribution in [1.82, 2.24) is 25.0 Å². The minimum atomic E-state index is -1.99. The second-order valence-electron chi connectivity index (χ2n) is 12.4. The summed E-state index contributed by atoms with van der Waals surface area (Å²) in [5.41, 5.74) is 2.83. The number of H-pyrrole nitrogens is 1. The molecule has 5 aliphatic rings. The standard InChI is InChI=1S/C30H37N5O5/c1-5-29(28(38)35-25(16(2)3)27(37)34-11-7-10-23(34)30(35,39)40-29)32-26(36)18-12-20-19-8-6-9-21-24(19)17(14-31-21)13-22(20)33(4)15-18/h6,8-9,12,14,16,18,22-23,25,31,39H,5,7,10-11,13,15H2,1-4H3,(H,32,36)/t18-,22-,23+,25+,29-,30+/m1/s1. The van der Waals surface area contributed by atoms with Gasteiger partial charge in [-0.25, -0.2) is 0 Å². The fourth-order valence-corrected chi connectivity index (χ4v) is 7.83. The second-order valence-corrected chi connectivity index (χ2v) is 12.4. The minimum absolute atomic E-state index is 0.121. The highest BCUT2D eigenvalue weighted by molar-refractivity contribution is 6.01. The molecule has 10 nitrogen and oxygen atoms in total. The number of rotatable bonds is 4. The van der Waals surface area contributed by atoms with Crippen LogP contribution in [-0.2, 0) is 25.5 Å². The Morgan fingerprint density at radius 1 is 1.30 bits per heavy atom. The normalized spacial score (nSPS) is 35.2. The average Bonchev–Trinajstić information content (AvgIpc) is 3.64. The Hall–Kier alpha value is -3.21. The third-order valence-electron chi connectivity index (χ3n) is 9.79. The van der Waals surface area contributed by atoms with E-state index in [4.69, 9.17) is 4.74 Å². The number of aromatic nitrogens is 1. The Labute approximate surface area is 233 Å². The summed E-state index contributed by atoms with van der Waals surface area (Å²) in [5, 5.41) is 16.1. The maximum Gasteiger partial charge on any atom is 0.281 e. The summed E-state index contributed by atoms with van der Waals surface area (Å²) in [6, 6.07) is 4.83. The molecule has 2 aromatic rings. The van der Waals surface area contributed by atoms with Crippen LogP contribution in [0.5, 0.6) is 0 Å². The van der Waals surface area contributed by atoms with Crippen molar-refractivity contribution in [1.29, 1.82) is 0 Å². The third-order valence-corrected chi connectivity index (χ3v) is 9.79. The molecule has 3 amide bonds. The first-order chi connectivity index (χ1) is 19.1. The number of aliphatic hydroxyl groups is 1. The van der Waals surface area contributed by atoms with Gasteiger partial charge in [0.05, 0.1) is 5.92 Å². The van der Waals surface area contributed by atoms with Crippen molar-refractivity contribution in [3.8, 4) is 0 Å². The molecule has 4 aliphatic heterocycles. The number of carbonyl (C=O) groups is 3. The van der Waals surface area contributed by atoms with Crippen LogP contribution in [0.15, 0.2) is 30.5 Å². The summed E-state index contributed by atoms with van der Waals surface area (Å²) in [6.07, 6.45) is 6.34. The van der Waals surface area contributed by atoms with Crippen LogP contribution < -0.4 is 5.32 Å². The van der Waals surface area contributed by atoms with Crippen molar-refractivity contribution in [2.24, 2.45) is 11.8 Å².